The topological polar surface area (TPSA) is 54.5 Å². The molecule has 0 aromatic heterocycles. The Morgan fingerprint density at radius 2 is 1.58 bits per heavy atom. The molecule has 2 aromatic rings. The first-order valence-corrected chi connectivity index (χ1v) is 9.19. The van der Waals surface area contributed by atoms with Gasteiger partial charge in [0, 0.05) is 17.4 Å². The van der Waals surface area contributed by atoms with Crippen LogP contribution in [0.5, 0.6) is 0 Å². The molecule has 4 nitrogen and oxygen atoms in total. The van der Waals surface area contributed by atoms with E-state index < -0.39 is 17.8 Å². The summed E-state index contributed by atoms with van der Waals surface area (Å²) in [6.45, 7) is 0. The molecule has 1 saturated carbocycles. The van der Waals surface area contributed by atoms with E-state index in [1.54, 1.807) is 12.1 Å². The van der Waals surface area contributed by atoms with Gasteiger partial charge in [0.15, 0.2) is 0 Å². The van der Waals surface area contributed by atoms with Crippen LogP contribution in [0.2, 0.25) is 10.0 Å². The Bertz CT molecular complexity index is 1000. The van der Waals surface area contributed by atoms with E-state index in [0.29, 0.717) is 17.1 Å². The highest BCUT2D eigenvalue weighted by atomic mass is 35.5. The standard InChI is InChI=1S/C20H13Cl2NO3/c21-9-5-6-14(13(22)7-9)23-19(25)17-12-8-15(24)16(18(17)20(23)26)11-4-2-1-3-10(11)12/h1-7,12,16-18H,8H2/t12-,16-,17-,18-/m1/s1. The monoisotopic (exact) mass is 385 g/mol. The molecule has 130 valence electrons. The minimum Gasteiger partial charge on any atom is -0.299 e. The van der Waals surface area contributed by atoms with Crippen molar-refractivity contribution >= 4 is 46.5 Å². The Balaban J connectivity index is 1.66. The molecule has 2 bridgehead atoms. The van der Waals surface area contributed by atoms with Crippen LogP contribution in [0.4, 0.5) is 5.69 Å². The predicted molar refractivity (Wildman–Crippen MR) is 97.5 cm³/mol. The third-order valence-electron chi connectivity index (χ3n) is 5.84. The maximum absolute atomic E-state index is 13.2. The molecule has 4 atom stereocenters. The molecule has 2 amide bonds. The van der Waals surface area contributed by atoms with E-state index in [1.807, 2.05) is 24.3 Å². The second-order valence-corrected chi connectivity index (χ2v) is 7.89. The SMILES string of the molecule is O=C1C[C@@H]2c3ccccc3[C@H]1[C@H]1C(=O)N(c3ccc(Cl)cc3Cl)C(=O)[C@@H]12. The van der Waals surface area contributed by atoms with Crippen LogP contribution in [0.3, 0.4) is 0 Å². The molecule has 1 aliphatic heterocycles. The summed E-state index contributed by atoms with van der Waals surface area (Å²) in [5.41, 5.74) is 2.24. The number of fused-ring (bicyclic) bond motifs is 1. The van der Waals surface area contributed by atoms with Gasteiger partial charge < -0.3 is 0 Å². The number of hydrogen-bond donors (Lipinski definition) is 0. The summed E-state index contributed by atoms with van der Waals surface area (Å²) in [7, 11) is 0. The lowest BCUT2D eigenvalue weighted by molar-refractivity contribution is -0.134. The van der Waals surface area contributed by atoms with Crippen molar-refractivity contribution in [3.8, 4) is 0 Å². The van der Waals surface area contributed by atoms with Gasteiger partial charge in [-0.1, -0.05) is 47.5 Å². The quantitative estimate of drug-likeness (QED) is 0.698. The third-order valence-corrected chi connectivity index (χ3v) is 6.38. The number of amides is 2. The number of carbonyl (C=O) groups is 3. The smallest absolute Gasteiger partial charge is 0.238 e. The van der Waals surface area contributed by atoms with Crippen LogP contribution in [0, 0.1) is 11.8 Å². The molecular formula is C20H13Cl2NO3. The Kier molecular flexibility index (Phi) is 3.34. The first-order valence-electron chi connectivity index (χ1n) is 8.43. The van der Waals surface area contributed by atoms with Crippen LogP contribution in [-0.4, -0.2) is 17.6 Å². The normalized spacial score (nSPS) is 29.2. The Labute approximate surface area is 159 Å². The number of imide groups is 1. The molecule has 1 heterocycles. The largest absolute Gasteiger partial charge is 0.299 e. The molecule has 3 aliphatic carbocycles. The Hall–Kier alpha value is -2.17. The van der Waals surface area contributed by atoms with Crippen LogP contribution in [-0.2, 0) is 14.4 Å². The van der Waals surface area contributed by atoms with Gasteiger partial charge in [0.25, 0.3) is 0 Å². The first-order chi connectivity index (χ1) is 12.5. The van der Waals surface area contributed by atoms with Crippen LogP contribution >= 0.6 is 23.2 Å². The van der Waals surface area contributed by atoms with Crippen LogP contribution < -0.4 is 4.90 Å². The molecule has 26 heavy (non-hydrogen) atoms. The van der Waals surface area contributed by atoms with E-state index in [9.17, 15) is 14.4 Å². The Morgan fingerprint density at radius 3 is 2.31 bits per heavy atom. The molecule has 0 radical (unpaired) electrons. The second-order valence-electron chi connectivity index (χ2n) is 7.04. The lowest BCUT2D eigenvalue weighted by Crippen LogP contribution is -2.44. The average Bonchev–Trinajstić information content (AvgIpc) is 2.88. The summed E-state index contributed by atoms with van der Waals surface area (Å²) in [5.74, 6) is -2.53. The highest BCUT2D eigenvalue weighted by molar-refractivity contribution is 6.38. The molecule has 6 heteroatoms. The summed E-state index contributed by atoms with van der Waals surface area (Å²) in [5, 5.41) is 0.673. The molecule has 4 aliphatic rings. The van der Waals surface area contributed by atoms with Crippen molar-refractivity contribution in [2.45, 2.75) is 18.3 Å². The lowest BCUT2D eigenvalue weighted by Gasteiger charge is -2.43. The zero-order valence-electron chi connectivity index (χ0n) is 13.5. The number of anilines is 1. The molecule has 2 fully saturated rings. The molecule has 1 saturated heterocycles. The number of hydrogen-bond acceptors (Lipinski definition) is 3. The number of ketones is 1. The van der Waals surface area contributed by atoms with Gasteiger partial charge in [-0.3, -0.25) is 14.4 Å². The molecule has 0 N–H and O–H groups in total. The Morgan fingerprint density at radius 1 is 0.885 bits per heavy atom. The number of carbonyl (C=O) groups excluding carboxylic acids is 3. The maximum atomic E-state index is 13.2. The minimum atomic E-state index is -0.643. The van der Waals surface area contributed by atoms with E-state index in [2.05, 4.69) is 0 Å². The van der Waals surface area contributed by atoms with Gasteiger partial charge in [0.1, 0.15) is 5.78 Å². The zero-order chi connectivity index (χ0) is 18.2. The summed E-state index contributed by atoms with van der Waals surface area (Å²) < 4.78 is 0. The van der Waals surface area contributed by atoms with Gasteiger partial charge in [0.2, 0.25) is 11.8 Å². The van der Waals surface area contributed by atoms with Crippen LogP contribution in [0.15, 0.2) is 42.5 Å². The molecule has 2 aromatic carbocycles. The van der Waals surface area contributed by atoms with Gasteiger partial charge >= 0.3 is 0 Å². The van der Waals surface area contributed by atoms with Crippen molar-refractivity contribution in [2.24, 2.45) is 11.8 Å². The maximum Gasteiger partial charge on any atom is 0.238 e. The predicted octanol–water partition coefficient (Wildman–Crippen LogP) is 3.95. The number of nitrogens with zero attached hydrogens (tertiary/aromatic N) is 1. The third kappa shape index (κ3) is 1.94. The summed E-state index contributed by atoms with van der Waals surface area (Å²) >= 11 is 12.2. The lowest BCUT2D eigenvalue weighted by atomic mass is 9.56. The fourth-order valence-corrected chi connectivity index (χ4v) is 5.35. The van der Waals surface area contributed by atoms with Crippen molar-refractivity contribution in [3.05, 3.63) is 63.6 Å². The van der Waals surface area contributed by atoms with Crippen molar-refractivity contribution < 1.29 is 14.4 Å². The first kappa shape index (κ1) is 16.0. The summed E-state index contributed by atoms with van der Waals surface area (Å²) in [6.07, 6.45) is 0.310. The number of Topliss-reactive ketones (excluding diaryl/α,β-unsaturated/α-hetero) is 1. The van der Waals surface area contributed by atoms with Crippen molar-refractivity contribution in [2.75, 3.05) is 4.90 Å². The van der Waals surface area contributed by atoms with Crippen LogP contribution in [0.1, 0.15) is 29.4 Å². The van der Waals surface area contributed by atoms with E-state index in [1.165, 1.54) is 6.07 Å². The molecule has 0 spiro atoms. The van der Waals surface area contributed by atoms with Gasteiger partial charge in [-0.2, -0.15) is 0 Å². The van der Waals surface area contributed by atoms with E-state index >= 15 is 0 Å². The van der Waals surface area contributed by atoms with Gasteiger partial charge in [-0.05, 0) is 29.3 Å². The van der Waals surface area contributed by atoms with E-state index in [0.717, 1.165) is 16.0 Å². The van der Waals surface area contributed by atoms with Crippen molar-refractivity contribution in [3.63, 3.8) is 0 Å². The highest BCUT2D eigenvalue weighted by Gasteiger charge is 2.62. The summed E-state index contributed by atoms with van der Waals surface area (Å²) in [6, 6.07) is 12.3. The van der Waals surface area contributed by atoms with E-state index in [4.69, 9.17) is 23.2 Å². The number of halogens is 2. The number of benzene rings is 2. The van der Waals surface area contributed by atoms with Gasteiger partial charge in [-0.25, -0.2) is 4.90 Å². The average molecular weight is 386 g/mol. The van der Waals surface area contributed by atoms with Gasteiger partial charge in [-0.15, -0.1) is 0 Å². The second kappa shape index (κ2) is 5.41. The van der Waals surface area contributed by atoms with E-state index in [-0.39, 0.29) is 28.5 Å². The summed E-state index contributed by atoms with van der Waals surface area (Å²) in [4.78, 5) is 40.2. The number of rotatable bonds is 1. The molecular weight excluding hydrogens is 373 g/mol. The fourth-order valence-electron chi connectivity index (χ4n) is 4.86. The molecule has 0 unspecified atom stereocenters. The van der Waals surface area contributed by atoms with Crippen molar-refractivity contribution in [1.82, 2.24) is 0 Å². The minimum absolute atomic E-state index is 0.0418. The highest BCUT2D eigenvalue weighted by Crippen LogP contribution is 2.58. The fraction of sp³-hybridized carbons (Fsp3) is 0.250. The van der Waals surface area contributed by atoms with Crippen molar-refractivity contribution in [1.29, 1.82) is 0 Å². The molecule has 6 rings (SSSR count). The zero-order valence-corrected chi connectivity index (χ0v) is 15.0. The van der Waals surface area contributed by atoms with Crippen LogP contribution in [0.25, 0.3) is 0 Å². The van der Waals surface area contributed by atoms with Gasteiger partial charge in [0.05, 0.1) is 28.5 Å².